The molecule has 17 heavy (non-hydrogen) atoms. The zero-order valence-corrected chi connectivity index (χ0v) is 11.4. The van der Waals surface area contributed by atoms with Gasteiger partial charge in [0.1, 0.15) is 5.60 Å². The van der Waals surface area contributed by atoms with Crippen molar-refractivity contribution in [2.45, 2.75) is 44.5 Å². The zero-order chi connectivity index (χ0) is 13.4. The van der Waals surface area contributed by atoms with Gasteiger partial charge in [0, 0.05) is 13.2 Å². The van der Waals surface area contributed by atoms with E-state index in [1.54, 1.807) is 13.8 Å². The summed E-state index contributed by atoms with van der Waals surface area (Å²) < 4.78 is 29.6. The predicted octanol–water partition coefficient (Wildman–Crippen LogP) is 0.388. The molecule has 2 N–H and O–H groups in total. The molecule has 0 aliphatic heterocycles. The molecule has 0 unspecified atom stereocenters. The van der Waals surface area contributed by atoms with Crippen LogP contribution in [0.15, 0.2) is 5.16 Å². The lowest BCUT2D eigenvalue weighted by atomic mass is 10.1. The summed E-state index contributed by atoms with van der Waals surface area (Å²) in [5.74, 6) is 0.430. The molecule has 0 fully saturated rings. The van der Waals surface area contributed by atoms with Gasteiger partial charge in [-0.05, 0) is 27.7 Å². The van der Waals surface area contributed by atoms with Gasteiger partial charge in [0.15, 0.2) is 5.82 Å². The van der Waals surface area contributed by atoms with E-state index < -0.39 is 15.6 Å². The summed E-state index contributed by atoms with van der Waals surface area (Å²) in [5.41, 5.74) is -0.736. The summed E-state index contributed by atoms with van der Waals surface area (Å²) in [4.78, 5) is 0. The molecule has 1 aromatic heterocycles. The third-order valence-electron chi connectivity index (χ3n) is 2.48. The fourth-order valence-corrected chi connectivity index (χ4v) is 2.16. The van der Waals surface area contributed by atoms with Crippen LogP contribution in [0.1, 0.15) is 39.6 Å². The van der Waals surface area contributed by atoms with Gasteiger partial charge in [-0.25, -0.2) is 13.6 Å². The Labute approximate surface area is 101 Å². The van der Waals surface area contributed by atoms with Gasteiger partial charge in [0.05, 0.1) is 0 Å². The minimum Gasteiger partial charge on any atom is -0.371 e. The van der Waals surface area contributed by atoms with E-state index in [2.05, 4.69) is 10.2 Å². The minimum absolute atomic E-state index is 0.136. The fourth-order valence-electron chi connectivity index (χ4n) is 1.44. The van der Waals surface area contributed by atoms with E-state index in [1.807, 2.05) is 13.8 Å². The Balaban J connectivity index is 3.52. The number of sulfonamides is 1. The first-order valence-electron chi connectivity index (χ1n) is 5.14. The highest BCUT2D eigenvalue weighted by Crippen LogP contribution is 2.26. The van der Waals surface area contributed by atoms with E-state index in [0.717, 1.165) is 0 Å². The van der Waals surface area contributed by atoms with E-state index >= 15 is 0 Å². The minimum atomic E-state index is -3.89. The SMILES string of the molecule is COC(C)(C)c1nnc(S(N)(=O)=O)n1C(C)C. The quantitative estimate of drug-likeness (QED) is 0.845. The van der Waals surface area contributed by atoms with Crippen LogP contribution in [0, 0.1) is 0 Å². The number of nitrogens with zero attached hydrogens (tertiary/aromatic N) is 3. The molecule has 0 aliphatic rings. The van der Waals surface area contributed by atoms with Crippen molar-refractivity contribution in [1.82, 2.24) is 14.8 Å². The van der Waals surface area contributed by atoms with Crippen LogP contribution in [0.4, 0.5) is 0 Å². The number of hydrogen-bond donors (Lipinski definition) is 1. The van der Waals surface area contributed by atoms with Crippen LogP contribution in [-0.4, -0.2) is 30.3 Å². The Hall–Kier alpha value is -0.990. The lowest BCUT2D eigenvalue weighted by Crippen LogP contribution is -2.28. The maximum atomic E-state index is 11.4. The van der Waals surface area contributed by atoms with Crippen LogP contribution in [0.5, 0.6) is 0 Å². The van der Waals surface area contributed by atoms with Gasteiger partial charge in [0.25, 0.3) is 15.2 Å². The number of nitrogens with two attached hydrogens (primary N) is 1. The molecule has 0 atom stereocenters. The van der Waals surface area contributed by atoms with Crippen molar-refractivity contribution in [3.63, 3.8) is 0 Å². The molecule has 0 saturated carbocycles. The van der Waals surface area contributed by atoms with E-state index in [4.69, 9.17) is 9.88 Å². The molecular formula is C9H18N4O3S. The number of rotatable bonds is 4. The van der Waals surface area contributed by atoms with Gasteiger partial charge in [-0.3, -0.25) is 4.57 Å². The Kier molecular flexibility index (Phi) is 3.60. The largest absolute Gasteiger partial charge is 0.371 e. The highest BCUT2D eigenvalue weighted by atomic mass is 32.2. The lowest BCUT2D eigenvalue weighted by molar-refractivity contribution is 0.00695. The van der Waals surface area contributed by atoms with Crippen molar-refractivity contribution in [3.05, 3.63) is 5.82 Å². The van der Waals surface area contributed by atoms with Gasteiger partial charge in [-0.2, -0.15) is 0 Å². The van der Waals surface area contributed by atoms with Crippen molar-refractivity contribution >= 4 is 10.0 Å². The van der Waals surface area contributed by atoms with Gasteiger partial charge in [0.2, 0.25) is 0 Å². The molecule has 0 radical (unpaired) electrons. The number of methoxy groups -OCH3 is 1. The van der Waals surface area contributed by atoms with E-state index in [-0.39, 0.29) is 11.2 Å². The molecule has 7 nitrogen and oxygen atoms in total. The van der Waals surface area contributed by atoms with E-state index in [9.17, 15) is 8.42 Å². The monoisotopic (exact) mass is 262 g/mol. The van der Waals surface area contributed by atoms with Crippen LogP contribution in [0.25, 0.3) is 0 Å². The second kappa shape index (κ2) is 4.35. The lowest BCUT2D eigenvalue weighted by Gasteiger charge is -2.24. The van der Waals surface area contributed by atoms with Gasteiger partial charge in [-0.1, -0.05) is 0 Å². The molecule has 0 saturated heterocycles. The third-order valence-corrected chi connectivity index (χ3v) is 3.27. The number of aromatic nitrogens is 3. The smallest absolute Gasteiger partial charge is 0.273 e. The summed E-state index contributed by atoms with van der Waals surface area (Å²) in [5, 5.41) is 12.4. The molecule has 1 aromatic rings. The maximum absolute atomic E-state index is 11.4. The maximum Gasteiger partial charge on any atom is 0.273 e. The average molecular weight is 262 g/mol. The Morgan fingerprint density at radius 3 is 2.24 bits per heavy atom. The van der Waals surface area contributed by atoms with Crippen molar-refractivity contribution in [1.29, 1.82) is 0 Å². The van der Waals surface area contributed by atoms with Gasteiger partial charge >= 0.3 is 0 Å². The Morgan fingerprint density at radius 1 is 1.35 bits per heavy atom. The molecular weight excluding hydrogens is 244 g/mol. The van der Waals surface area contributed by atoms with E-state index in [1.165, 1.54) is 11.7 Å². The third kappa shape index (κ3) is 2.64. The fraction of sp³-hybridized carbons (Fsp3) is 0.778. The summed E-state index contributed by atoms with van der Waals surface area (Å²) in [6, 6.07) is -0.136. The number of primary sulfonamides is 1. The van der Waals surface area contributed by atoms with Crippen molar-refractivity contribution in [2.24, 2.45) is 5.14 Å². The zero-order valence-electron chi connectivity index (χ0n) is 10.6. The summed E-state index contributed by atoms with van der Waals surface area (Å²) >= 11 is 0. The normalized spacial score (nSPS) is 13.4. The Bertz CT molecular complexity index is 504. The molecule has 0 amide bonds. The van der Waals surface area contributed by atoms with Crippen LogP contribution >= 0.6 is 0 Å². The Morgan fingerprint density at radius 2 is 1.88 bits per heavy atom. The van der Waals surface area contributed by atoms with Crippen LogP contribution < -0.4 is 5.14 Å². The molecule has 0 spiro atoms. The average Bonchev–Trinajstić information content (AvgIpc) is 2.61. The van der Waals surface area contributed by atoms with Crippen molar-refractivity contribution in [3.8, 4) is 0 Å². The van der Waals surface area contributed by atoms with Crippen LogP contribution in [-0.2, 0) is 20.4 Å². The summed E-state index contributed by atoms with van der Waals surface area (Å²) in [6.07, 6.45) is 0. The molecule has 0 bridgehead atoms. The van der Waals surface area contributed by atoms with Gasteiger partial charge < -0.3 is 4.74 Å². The molecule has 8 heteroatoms. The van der Waals surface area contributed by atoms with Crippen molar-refractivity contribution in [2.75, 3.05) is 7.11 Å². The summed E-state index contributed by atoms with van der Waals surface area (Å²) in [7, 11) is -2.37. The number of hydrogen-bond acceptors (Lipinski definition) is 5. The highest BCUT2D eigenvalue weighted by molar-refractivity contribution is 7.89. The second-order valence-corrected chi connectivity index (χ2v) is 5.98. The standard InChI is InChI=1S/C9H18N4O3S/c1-6(2)13-7(9(3,4)16-5)11-12-8(13)17(10,14)15/h6H,1-5H3,(H2,10,14,15). The van der Waals surface area contributed by atoms with Gasteiger partial charge in [-0.15, -0.1) is 10.2 Å². The molecule has 1 heterocycles. The highest BCUT2D eigenvalue weighted by Gasteiger charge is 2.32. The molecule has 1 rings (SSSR count). The molecule has 98 valence electrons. The number of ether oxygens (including phenoxy) is 1. The second-order valence-electron chi connectivity index (χ2n) is 4.53. The predicted molar refractivity (Wildman–Crippen MR) is 61.8 cm³/mol. The topological polar surface area (TPSA) is 100 Å². The van der Waals surface area contributed by atoms with E-state index in [0.29, 0.717) is 5.82 Å². The first kappa shape index (κ1) is 14.1. The first-order valence-corrected chi connectivity index (χ1v) is 6.69. The van der Waals surface area contributed by atoms with Crippen LogP contribution in [0.2, 0.25) is 0 Å². The summed E-state index contributed by atoms with van der Waals surface area (Å²) in [6.45, 7) is 7.21. The molecule has 0 aliphatic carbocycles. The molecule has 0 aromatic carbocycles. The van der Waals surface area contributed by atoms with Crippen LogP contribution in [0.3, 0.4) is 0 Å². The van der Waals surface area contributed by atoms with Crippen molar-refractivity contribution < 1.29 is 13.2 Å². The first-order chi connectivity index (χ1) is 7.61.